The summed E-state index contributed by atoms with van der Waals surface area (Å²) in [5.74, 6) is 0.443. The monoisotopic (exact) mass is 245 g/mol. The molecule has 2 rings (SSSR count). The molecule has 98 valence electrons. The Labute approximate surface area is 110 Å². The van der Waals surface area contributed by atoms with Crippen LogP contribution in [-0.4, -0.2) is 30.3 Å². The molecule has 0 heterocycles. The first-order valence-corrected chi connectivity index (χ1v) is 6.93. The van der Waals surface area contributed by atoms with E-state index in [-0.39, 0.29) is 0 Å². The van der Waals surface area contributed by atoms with Crippen molar-refractivity contribution >= 4 is 5.78 Å². The first-order valence-electron chi connectivity index (χ1n) is 6.93. The van der Waals surface area contributed by atoms with Gasteiger partial charge in [-0.2, -0.15) is 0 Å². The lowest BCUT2D eigenvalue weighted by molar-refractivity contribution is -0.121. The van der Waals surface area contributed by atoms with Crippen LogP contribution in [0.5, 0.6) is 0 Å². The van der Waals surface area contributed by atoms with Gasteiger partial charge in [-0.15, -0.1) is 0 Å². The lowest BCUT2D eigenvalue weighted by atomic mass is 9.93. The summed E-state index contributed by atoms with van der Waals surface area (Å²) in [6.45, 7) is 3.26. The maximum absolute atomic E-state index is 11.2. The van der Waals surface area contributed by atoms with E-state index in [0.717, 1.165) is 38.6 Å². The molecule has 0 aliphatic heterocycles. The molecule has 0 radical (unpaired) electrons. The zero-order valence-electron chi connectivity index (χ0n) is 11.5. The maximum Gasteiger partial charge on any atom is 0.133 e. The summed E-state index contributed by atoms with van der Waals surface area (Å²) in [4.78, 5) is 13.7. The van der Waals surface area contributed by atoms with Crippen LogP contribution >= 0.6 is 0 Å². The fourth-order valence-electron chi connectivity index (χ4n) is 2.74. The van der Waals surface area contributed by atoms with Crippen molar-refractivity contribution in [3.8, 4) is 0 Å². The van der Waals surface area contributed by atoms with Gasteiger partial charge in [0.25, 0.3) is 0 Å². The van der Waals surface area contributed by atoms with Gasteiger partial charge in [-0.1, -0.05) is 24.3 Å². The number of carbonyl (C=O) groups excluding carboxylic acids is 1. The molecule has 1 aliphatic rings. The Balaban J connectivity index is 1.83. The van der Waals surface area contributed by atoms with Gasteiger partial charge >= 0.3 is 0 Å². The van der Waals surface area contributed by atoms with Crippen LogP contribution in [-0.2, 0) is 11.2 Å². The van der Waals surface area contributed by atoms with E-state index < -0.39 is 0 Å². The van der Waals surface area contributed by atoms with Crippen LogP contribution in [0.4, 0.5) is 0 Å². The number of Topliss-reactive ketones (excluding diaryl/α,β-unsaturated/α-hetero) is 1. The van der Waals surface area contributed by atoms with Crippen molar-refractivity contribution in [1.29, 1.82) is 0 Å². The fourth-order valence-corrected chi connectivity index (χ4v) is 2.74. The number of hydrogen-bond acceptors (Lipinski definition) is 2. The van der Waals surface area contributed by atoms with Crippen molar-refractivity contribution in [2.24, 2.45) is 0 Å². The number of rotatable bonds is 4. The lowest BCUT2D eigenvalue weighted by Crippen LogP contribution is -2.36. The fraction of sp³-hybridized carbons (Fsp3) is 0.562. The molecule has 2 nitrogen and oxygen atoms in total. The average Bonchev–Trinajstić information content (AvgIpc) is 2.38. The van der Waals surface area contributed by atoms with E-state index in [1.54, 1.807) is 0 Å². The first-order chi connectivity index (χ1) is 8.66. The third kappa shape index (κ3) is 3.42. The van der Waals surface area contributed by atoms with E-state index in [9.17, 15) is 4.79 Å². The molecule has 0 amide bonds. The van der Waals surface area contributed by atoms with Crippen molar-refractivity contribution < 1.29 is 4.79 Å². The van der Waals surface area contributed by atoms with Gasteiger partial charge in [0.2, 0.25) is 0 Å². The molecule has 0 atom stereocenters. The van der Waals surface area contributed by atoms with Gasteiger partial charge in [0.15, 0.2) is 0 Å². The largest absolute Gasteiger partial charge is 0.303 e. The average molecular weight is 245 g/mol. The van der Waals surface area contributed by atoms with Crippen LogP contribution in [0.15, 0.2) is 24.3 Å². The van der Waals surface area contributed by atoms with Crippen LogP contribution in [0.25, 0.3) is 0 Å². The van der Waals surface area contributed by atoms with Crippen LogP contribution in [0, 0.1) is 6.92 Å². The molecule has 0 spiro atoms. The number of likely N-dealkylation sites (N-methyl/N-ethyl adjacent to an activating group) is 1. The zero-order chi connectivity index (χ0) is 13.0. The van der Waals surface area contributed by atoms with Crippen LogP contribution in [0.2, 0.25) is 0 Å². The Bertz CT molecular complexity index is 403. The van der Waals surface area contributed by atoms with Gasteiger partial charge in [-0.25, -0.2) is 0 Å². The Kier molecular flexibility index (Phi) is 4.54. The lowest BCUT2D eigenvalue weighted by Gasteiger charge is -2.30. The highest BCUT2D eigenvalue weighted by molar-refractivity contribution is 5.79. The molecule has 1 fully saturated rings. The third-order valence-corrected chi connectivity index (χ3v) is 4.13. The van der Waals surface area contributed by atoms with E-state index in [1.807, 2.05) is 0 Å². The predicted molar refractivity (Wildman–Crippen MR) is 74.8 cm³/mol. The summed E-state index contributed by atoms with van der Waals surface area (Å²) in [5, 5.41) is 0. The molecule has 18 heavy (non-hydrogen) atoms. The van der Waals surface area contributed by atoms with Gasteiger partial charge in [-0.3, -0.25) is 4.79 Å². The topological polar surface area (TPSA) is 20.3 Å². The highest BCUT2D eigenvalue weighted by Gasteiger charge is 2.21. The minimum absolute atomic E-state index is 0.443. The molecule has 0 aromatic heterocycles. The molecule has 1 aromatic rings. The third-order valence-electron chi connectivity index (χ3n) is 4.13. The number of aryl methyl sites for hydroxylation is 1. The second-order valence-electron chi connectivity index (χ2n) is 5.43. The summed E-state index contributed by atoms with van der Waals surface area (Å²) in [5.41, 5.74) is 2.82. The molecule has 2 heteroatoms. The standard InChI is InChI=1S/C16H23NO/c1-13-5-3-4-6-14(13)11-12-17(2)15-7-9-16(18)10-8-15/h3-6,15H,7-12H2,1-2H3. The number of hydrogen-bond donors (Lipinski definition) is 0. The van der Waals surface area contributed by atoms with Crippen molar-refractivity contribution in [2.75, 3.05) is 13.6 Å². The summed E-state index contributed by atoms with van der Waals surface area (Å²) in [6.07, 6.45) is 4.75. The second kappa shape index (κ2) is 6.14. The normalized spacial score (nSPS) is 17.4. The zero-order valence-corrected chi connectivity index (χ0v) is 11.5. The summed E-state index contributed by atoms with van der Waals surface area (Å²) in [7, 11) is 2.19. The second-order valence-corrected chi connectivity index (χ2v) is 5.43. The molecule has 0 N–H and O–H groups in total. The smallest absolute Gasteiger partial charge is 0.133 e. The highest BCUT2D eigenvalue weighted by atomic mass is 16.1. The SMILES string of the molecule is Cc1ccccc1CCN(C)C1CCC(=O)CC1. The Hall–Kier alpha value is -1.15. The van der Waals surface area contributed by atoms with Crippen LogP contribution in [0.1, 0.15) is 36.8 Å². The molecule has 0 unspecified atom stereocenters. The molecule has 0 bridgehead atoms. The van der Waals surface area contributed by atoms with E-state index in [0.29, 0.717) is 11.8 Å². The molecule has 0 saturated heterocycles. The van der Waals surface area contributed by atoms with E-state index in [4.69, 9.17) is 0 Å². The van der Waals surface area contributed by atoms with Crippen LogP contribution < -0.4 is 0 Å². The van der Waals surface area contributed by atoms with Gasteiger partial charge < -0.3 is 4.90 Å². The quantitative estimate of drug-likeness (QED) is 0.813. The molecule has 1 aliphatic carbocycles. The molecule has 1 aromatic carbocycles. The van der Waals surface area contributed by atoms with Crippen LogP contribution in [0.3, 0.4) is 0 Å². The summed E-state index contributed by atoms with van der Waals surface area (Å²) in [6, 6.07) is 9.20. The highest BCUT2D eigenvalue weighted by Crippen LogP contribution is 2.20. The van der Waals surface area contributed by atoms with Gasteiger partial charge in [0.05, 0.1) is 0 Å². The Morgan fingerprint density at radius 2 is 1.89 bits per heavy atom. The van der Waals surface area contributed by atoms with Crippen molar-refractivity contribution in [1.82, 2.24) is 4.90 Å². The van der Waals surface area contributed by atoms with E-state index in [1.165, 1.54) is 11.1 Å². The summed E-state index contributed by atoms with van der Waals surface area (Å²) < 4.78 is 0. The first kappa shape index (κ1) is 13.3. The number of benzene rings is 1. The van der Waals surface area contributed by atoms with Crippen molar-refractivity contribution in [2.45, 2.75) is 45.1 Å². The van der Waals surface area contributed by atoms with Gasteiger partial charge in [0, 0.05) is 25.4 Å². The summed E-state index contributed by atoms with van der Waals surface area (Å²) >= 11 is 0. The Morgan fingerprint density at radius 3 is 2.56 bits per heavy atom. The predicted octanol–water partition coefficient (Wildman–Crippen LogP) is 2.98. The van der Waals surface area contributed by atoms with Gasteiger partial charge in [-0.05, 0) is 44.4 Å². The molecular weight excluding hydrogens is 222 g/mol. The van der Waals surface area contributed by atoms with Crippen molar-refractivity contribution in [3.05, 3.63) is 35.4 Å². The van der Waals surface area contributed by atoms with E-state index >= 15 is 0 Å². The van der Waals surface area contributed by atoms with Crippen molar-refractivity contribution in [3.63, 3.8) is 0 Å². The molecule has 1 saturated carbocycles. The Morgan fingerprint density at radius 1 is 1.22 bits per heavy atom. The minimum atomic E-state index is 0.443. The maximum atomic E-state index is 11.2. The number of ketones is 1. The number of carbonyl (C=O) groups is 1. The number of nitrogens with zero attached hydrogens (tertiary/aromatic N) is 1. The minimum Gasteiger partial charge on any atom is -0.303 e. The molecular formula is C16H23NO. The van der Waals surface area contributed by atoms with Gasteiger partial charge in [0.1, 0.15) is 5.78 Å². The van der Waals surface area contributed by atoms with E-state index in [2.05, 4.69) is 43.1 Å².